The van der Waals surface area contributed by atoms with E-state index < -0.39 is 21.3 Å². The molecule has 0 fully saturated rings. The second-order valence-electron chi connectivity index (χ2n) is 7.68. The highest BCUT2D eigenvalue weighted by Gasteiger charge is 2.31. The molecule has 3 heterocycles. The van der Waals surface area contributed by atoms with Crippen LogP contribution in [0.25, 0.3) is 15.9 Å². The van der Waals surface area contributed by atoms with Crippen LogP contribution in [0.3, 0.4) is 0 Å². The number of anilines is 1. The summed E-state index contributed by atoms with van der Waals surface area (Å²) >= 11 is 0.747. The molecule has 2 aromatic heterocycles. The second-order valence-corrected chi connectivity index (χ2v) is 10.8. The molecule has 1 aliphatic heterocycles. The molecule has 0 atom stereocenters. The number of benzene rings is 2. The second kappa shape index (κ2) is 8.03. The number of thiophene rings is 1. The molecule has 5 rings (SSSR count). The molecule has 166 valence electrons. The number of H-pyrrole nitrogens is 1. The Kier molecular flexibility index (Phi) is 5.15. The number of sulfonamides is 1. The van der Waals surface area contributed by atoms with Crippen LogP contribution < -0.4 is 15.6 Å². The number of hydrogen-bond acceptors (Lipinski definition) is 6. The Morgan fingerprint density at radius 1 is 1.03 bits per heavy atom. The highest BCUT2D eigenvalue weighted by atomic mass is 32.2. The third-order valence-corrected chi connectivity index (χ3v) is 9.06. The molecule has 8 nitrogen and oxygen atoms in total. The lowest BCUT2D eigenvalue weighted by atomic mass is 10.1. The van der Waals surface area contributed by atoms with Gasteiger partial charge in [0.05, 0.1) is 22.2 Å². The Morgan fingerprint density at radius 2 is 1.79 bits per heavy atom. The molecular weight excluding hydrogens is 460 g/mol. The highest BCUT2D eigenvalue weighted by molar-refractivity contribution is 7.94. The van der Waals surface area contributed by atoms with Gasteiger partial charge in [-0.3, -0.25) is 9.10 Å². The number of nitrogens with one attached hydrogen (secondary N) is 1. The summed E-state index contributed by atoms with van der Waals surface area (Å²) in [5, 5.41) is 9.93. The van der Waals surface area contributed by atoms with Gasteiger partial charge >= 0.3 is 5.69 Å². The van der Waals surface area contributed by atoms with E-state index in [0.29, 0.717) is 24.2 Å². The van der Waals surface area contributed by atoms with Gasteiger partial charge in [-0.1, -0.05) is 30.3 Å². The summed E-state index contributed by atoms with van der Waals surface area (Å²) in [5.41, 5.74) is 0.525. The average molecular weight is 479 g/mol. The van der Waals surface area contributed by atoms with E-state index in [1.54, 1.807) is 36.4 Å². The summed E-state index contributed by atoms with van der Waals surface area (Å²) in [6.45, 7) is 0.310. The summed E-state index contributed by atoms with van der Waals surface area (Å²) < 4.78 is 29.4. The van der Waals surface area contributed by atoms with E-state index in [-0.39, 0.29) is 20.2 Å². The van der Waals surface area contributed by atoms with Gasteiger partial charge in [-0.15, -0.1) is 11.3 Å². The van der Waals surface area contributed by atoms with Gasteiger partial charge in [0.15, 0.2) is 0 Å². The fourth-order valence-corrected chi connectivity index (χ4v) is 7.15. The standard InChI is InChI=1S/C23H18N4O4S2/c24-14-16-13-20(33(30,31)26-12-6-5-8-15-7-1-4-11-19(15)26)32-22(16)27-21(28)17-9-2-3-10-18(17)25-23(27)29/h1-4,7,9-11,13H,5-6,8,12H2,(H,25,29). The molecule has 0 amide bonds. The molecule has 4 aromatic rings. The number of nitriles is 1. The van der Waals surface area contributed by atoms with E-state index >= 15 is 0 Å². The number of fused-ring (bicyclic) bond motifs is 2. The van der Waals surface area contributed by atoms with Crippen LogP contribution in [0.2, 0.25) is 0 Å². The molecule has 1 aliphatic rings. The summed E-state index contributed by atoms with van der Waals surface area (Å²) in [5.74, 6) is 0. The minimum atomic E-state index is -4.01. The zero-order valence-corrected chi connectivity index (χ0v) is 18.9. The number of aryl methyl sites for hydroxylation is 1. The van der Waals surface area contributed by atoms with E-state index in [1.165, 1.54) is 10.4 Å². The van der Waals surface area contributed by atoms with Crippen LogP contribution in [0.15, 0.2) is 68.4 Å². The lowest BCUT2D eigenvalue weighted by Gasteiger charge is -2.23. The summed E-state index contributed by atoms with van der Waals surface area (Å²) in [7, 11) is -4.01. The molecule has 0 saturated carbocycles. The molecule has 0 saturated heterocycles. The predicted octanol–water partition coefficient (Wildman–Crippen LogP) is 3.14. The fourth-order valence-electron chi connectivity index (χ4n) is 4.09. The van der Waals surface area contributed by atoms with Crippen molar-refractivity contribution >= 4 is 38.0 Å². The Labute approximate surface area is 193 Å². The number of nitrogens with zero attached hydrogens (tertiary/aromatic N) is 3. The third-order valence-electron chi connectivity index (χ3n) is 5.68. The maximum atomic E-state index is 13.7. The lowest BCUT2D eigenvalue weighted by molar-refractivity contribution is 0.591. The smallest absolute Gasteiger partial charge is 0.306 e. The van der Waals surface area contributed by atoms with E-state index in [9.17, 15) is 23.3 Å². The Balaban J connectivity index is 1.69. The number of aromatic nitrogens is 2. The van der Waals surface area contributed by atoms with Gasteiger partial charge in [0.25, 0.3) is 15.6 Å². The molecule has 0 spiro atoms. The van der Waals surface area contributed by atoms with Crippen molar-refractivity contribution in [2.75, 3.05) is 10.8 Å². The van der Waals surface area contributed by atoms with Crippen molar-refractivity contribution in [3.8, 4) is 11.1 Å². The quantitative estimate of drug-likeness (QED) is 0.486. The maximum absolute atomic E-state index is 13.7. The number of aromatic amines is 1. The van der Waals surface area contributed by atoms with Crippen molar-refractivity contribution in [2.45, 2.75) is 23.5 Å². The largest absolute Gasteiger partial charge is 0.334 e. The molecule has 0 aliphatic carbocycles. The normalized spacial score (nSPS) is 14.0. The third kappa shape index (κ3) is 3.46. The summed E-state index contributed by atoms with van der Waals surface area (Å²) in [4.78, 5) is 28.4. The first-order valence-electron chi connectivity index (χ1n) is 10.3. The first-order chi connectivity index (χ1) is 15.9. The van der Waals surface area contributed by atoms with Crippen molar-refractivity contribution in [1.82, 2.24) is 9.55 Å². The van der Waals surface area contributed by atoms with Crippen LogP contribution in [0, 0.1) is 11.3 Å². The van der Waals surface area contributed by atoms with Crippen LogP contribution in [-0.2, 0) is 16.4 Å². The van der Waals surface area contributed by atoms with E-state index in [0.717, 1.165) is 34.3 Å². The van der Waals surface area contributed by atoms with Gasteiger partial charge in [0.1, 0.15) is 15.3 Å². The highest BCUT2D eigenvalue weighted by Crippen LogP contribution is 2.35. The molecular formula is C23H18N4O4S2. The van der Waals surface area contributed by atoms with Gasteiger partial charge in [-0.25, -0.2) is 17.8 Å². The lowest BCUT2D eigenvalue weighted by Crippen LogP contribution is -2.33. The SMILES string of the molecule is N#Cc1cc(S(=O)(=O)N2CCCCc3ccccc32)sc1-n1c(=O)[nH]c2ccccc2c1=O. The van der Waals surface area contributed by atoms with E-state index in [2.05, 4.69) is 4.98 Å². The number of para-hydroxylation sites is 2. The monoisotopic (exact) mass is 478 g/mol. The average Bonchev–Trinajstić information content (AvgIpc) is 3.12. The van der Waals surface area contributed by atoms with Crippen LogP contribution in [-0.4, -0.2) is 24.5 Å². The zero-order valence-electron chi connectivity index (χ0n) is 17.3. The summed E-state index contributed by atoms with van der Waals surface area (Å²) in [6, 6.07) is 17.1. The minimum absolute atomic E-state index is 0.0174. The van der Waals surface area contributed by atoms with Crippen molar-refractivity contribution in [3.63, 3.8) is 0 Å². The van der Waals surface area contributed by atoms with Crippen molar-refractivity contribution < 1.29 is 8.42 Å². The van der Waals surface area contributed by atoms with Gasteiger partial charge in [-0.2, -0.15) is 5.26 Å². The predicted molar refractivity (Wildman–Crippen MR) is 127 cm³/mol. The van der Waals surface area contributed by atoms with Crippen molar-refractivity contribution in [1.29, 1.82) is 5.26 Å². The minimum Gasteiger partial charge on any atom is -0.306 e. The molecule has 0 radical (unpaired) electrons. The van der Waals surface area contributed by atoms with Crippen molar-refractivity contribution in [2.24, 2.45) is 0 Å². The molecule has 10 heteroatoms. The Morgan fingerprint density at radius 3 is 2.61 bits per heavy atom. The zero-order chi connectivity index (χ0) is 23.2. The fraction of sp³-hybridized carbons (Fsp3) is 0.174. The molecule has 33 heavy (non-hydrogen) atoms. The number of rotatable bonds is 3. The van der Waals surface area contributed by atoms with Crippen LogP contribution in [0.4, 0.5) is 5.69 Å². The van der Waals surface area contributed by atoms with Gasteiger partial charge < -0.3 is 4.98 Å². The van der Waals surface area contributed by atoms with Gasteiger partial charge in [-0.05, 0) is 49.1 Å². The number of hydrogen-bond donors (Lipinski definition) is 1. The van der Waals surface area contributed by atoms with Gasteiger partial charge in [0, 0.05) is 6.54 Å². The molecule has 1 N–H and O–H groups in total. The van der Waals surface area contributed by atoms with Crippen molar-refractivity contribution in [3.05, 3.63) is 86.6 Å². The van der Waals surface area contributed by atoms with Gasteiger partial charge in [0.2, 0.25) is 0 Å². The summed E-state index contributed by atoms with van der Waals surface area (Å²) in [6.07, 6.45) is 2.34. The Hall–Kier alpha value is -3.68. The Bertz CT molecular complexity index is 1660. The van der Waals surface area contributed by atoms with Crippen LogP contribution in [0.1, 0.15) is 24.0 Å². The first-order valence-corrected chi connectivity index (χ1v) is 12.6. The first kappa shape index (κ1) is 21.2. The molecule has 0 unspecified atom stereocenters. The van der Waals surface area contributed by atoms with Crippen LogP contribution >= 0.6 is 11.3 Å². The van der Waals surface area contributed by atoms with Crippen LogP contribution in [0.5, 0.6) is 0 Å². The maximum Gasteiger partial charge on any atom is 0.334 e. The molecule has 0 bridgehead atoms. The molecule has 2 aromatic carbocycles. The topological polar surface area (TPSA) is 116 Å². The van der Waals surface area contributed by atoms with E-state index in [4.69, 9.17) is 0 Å². The van der Waals surface area contributed by atoms with E-state index in [1.807, 2.05) is 18.2 Å².